The molecule has 4 nitrogen and oxygen atoms in total. The van der Waals surface area contributed by atoms with Crippen molar-refractivity contribution >= 4 is 11.8 Å². The van der Waals surface area contributed by atoms with Gasteiger partial charge >= 0.3 is 0 Å². The summed E-state index contributed by atoms with van der Waals surface area (Å²) in [5.41, 5.74) is 0. The van der Waals surface area contributed by atoms with Gasteiger partial charge in [0.15, 0.2) is 0 Å². The van der Waals surface area contributed by atoms with Gasteiger partial charge in [0, 0.05) is 6.54 Å². The maximum absolute atomic E-state index is 12.5. The first-order valence-electron chi connectivity index (χ1n) is 8.28. The van der Waals surface area contributed by atoms with Crippen molar-refractivity contribution in [2.24, 2.45) is 5.92 Å². The van der Waals surface area contributed by atoms with Gasteiger partial charge in [-0.05, 0) is 25.2 Å². The Hall–Kier alpha value is -1.06. The zero-order valence-electron chi connectivity index (χ0n) is 12.9. The van der Waals surface area contributed by atoms with Crippen LogP contribution in [0.3, 0.4) is 0 Å². The summed E-state index contributed by atoms with van der Waals surface area (Å²) >= 11 is 0. The van der Waals surface area contributed by atoms with Crippen LogP contribution in [0.1, 0.15) is 65.2 Å². The average molecular weight is 280 g/mol. The number of carbonyl (C=O) groups excluding carboxylic acids is 2. The van der Waals surface area contributed by atoms with Crippen molar-refractivity contribution in [2.45, 2.75) is 77.3 Å². The second-order valence-electron chi connectivity index (χ2n) is 6.22. The van der Waals surface area contributed by atoms with Crippen molar-refractivity contribution in [3.05, 3.63) is 0 Å². The molecule has 2 rings (SSSR count). The first kappa shape index (κ1) is 15.3. The van der Waals surface area contributed by atoms with Crippen LogP contribution in [-0.4, -0.2) is 35.3 Å². The largest absolute Gasteiger partial charge is 0.343 e. The van der Waals surface area contributed by atoms with Crippen LogP contribution < -0.4 is 5.32 Å². The molecule has 114 valence electrons. The van der Waals surface area contributed by atoms with E-state index in [0.717, 1.165) is 18.9 Å². The lowest BCUT2D eigenvalue weighted by Gasteiger charge is -2.39. The third-order valence-electron chi connectivity index (χ3n) is 4.87. The molecular formula is C16H28N2O2. The zero-order chi connectivity index (χ0) is 14.5. The molecule has 2 fully saturated rings. The molecule has 2 unspecified atom stereocenters. The number of hydrogen-bond acceptors (Lipinski definition) is 2. The molecule has 1 aliphatic heterocycles. The third kappa shape index (κ3) is 3.33. The molecule has 2 aliphatic rings. The van der Waals surface area contributed by atoms with Crippen molar-refractivity contribution in [3.63, 3.8) is 0 Å². The average Bonchev–Trinajstić information content (AvgIpc) is 2.48. The van der Waals surface area contributed by atoms with Gasteiger partial charge in [-0.25, -0.2) is 0 Å². The van der Waals surface area contributed by atoms with Crippen LogP contribution in [0.2, 0.25) is 0 Å². The Labute approximate surface area is 122 Å². The van der Waals surface area contributed by atoms with Gasteiger partial charge in [0.1, 0.15) is 12.1 Å². The Morgan fingerprint density at radius 2 is 1.80 bits per heavy atom. The third-order valence-corrected chi connectivity index (χ3v) is 4.87. The molecule has 0 aromatic heterocycles. The predicted octanol–water partition coefficient (Wildman–Crippen LogP) is 2.47. The summed E-state index contributed by atoms with van der Waals surface area (Å²) in [4.78, 5) is 26.4. The monoisotopic (exact) mass is 280 g/mol. The molecule has 1 aliphatic carbocycles. The first-order valence-corrected chi connectivity index (χ1v) is 8.28. The van der Waals surface area contributed by atoms with Gasteiger partial charge in [-0.15, -0.1) is 0 Å². The van der Waals surface area contributed by atoms with E-state index < -0.39 is 0 Å². The van der Waals surface area contributed by atoms with Crippen molar-refractivity contribution in [1.29, 1.82) is 0 Å². The van der Waals surface area contributed by atoms with Gasteiger partial charge in [0.2, 0.25) is 11.8 Å². The van der Waals surface area contributed by atoms with E-state index in [0.29, 0.717) is 12.8 Å². The van der Waals surface area contributed by atoms with E-state index >= 15 is 0 Å². The highest BCUT2D eigenvalue weighted by Gasteiger charge is 2.38. The number of nitrogens with one attached hydrogen (secondary N) is 1. The van der Waals surface area contributed by atoms with Crippen LogP contribution in [0, 0.1) is 5.92 Å². The standard InChI is InChI=1S/C16H28N2O2/c1-3-13-16(20)18(14(4-2)15(19)17-13)11-10-12-8-6-5-7-9-12/h12-14H,3-11H2,1-2H3,(H,17,19). The Kier molecular flexibility index (Phi) is 5.44. The minimum absolute atomic E-state index is 0.0302. The van der Waals surface area contributed by atoms with Crippen LogP contribution in [-0.2, 0) is 9.59 Å². The van der Waals surface area contributed by atoms with Gasteiger partial charge < -0.3 is 10.2 Å². The van der Waals surface area contributed by atoms with Crippen LogP contribution in [0.4, 0.5) is 0 Å². The maximum Gasteiger partial charge on any atom is 0.245 e. The predicted molar refractivity (Wildman–Crippen MR) is 79.2 cm³/mol. The maximum atomic E-state index is 12.5. The second kappa shape index (κ2) is 7.09. The lowest BCUT2D eigenvalue weighted by molar-refractivity contribution is -0.149. The van der Waals surface area contributed by atoms with Crippen molar-refractivity contribution < 1.29 is 9.59 Å². The van der Waals surface area contributed by atoms with Crippen molar-refractivity contribution in [1.82, 2.24) is 10.2 Å². The number of hydrogen-bond donors (Lipinski definition) is 1. The Morgan fingerprint density at radius 3 is 2.40 bits per heavy atom. The summed E-state index contributed by atoms with van der Waals surface area (Å²) in [6.07, 6.45) is 9.05. The molecule has 20 heavy (non-hydrogen) atoms. The number of rotatable bonds is 5. The molecule has 2 amide bonds. The lowest BCUT2D eigenvalue weighted by Crippen LogP contribution is -2.63. The Bertz CT molecular complexity index is 350. The van der Waals surface area contributed by atoms with Gasteiger partial charge in [0.25, 0.3) is 0 Å². The second-order valence-corrected chi connectivity index (χ2v) is 6.22. The highest BCUT2D eigenvalue weighted by molar-refractivity contribution is 5.96. The zero-order valence-corrected chi connectivity index (χ0v) is 12.9. The molecule has 0 aromatic carbocycles. The van der Waals surface area contributed by atoms with Crippen LogP contribution >= 0.6 is 0 Å². The molecule has 0 radical (unpaired) electrons. The van der Waals surface area contributed by atoms with Gasteiger partial charge in [-0.1, -0.05) is 46.0 Å². The van der Waals surface area contributed by atoms with Gasteiger partial charge in [-0.2, -0.15) is 0 Å². The van der Waals surface area contributed by atoms with E-state index in [1.807, 2.05) is 18.7 Å². The van der Waals surface area contributed by atoms with Crippen molar-refractivity contribution in [3.8, 4) is 0 Å². The summed E-state index contributed by atoms with van der Waals surface area (Å²) in [7, 11) is 0. The topological polar surface area (TPSA) is 49.4 Å². The van der Waals surface area contributed by atoms with Crippen LogP contribution in [0.25, 0.3) is 0 Å². The summed E-state index contributed by atoms with van der Waals surface area (Å²) in [6, 6.07) is -0.564. The quantitative estimate of drug-likeness (QED) is 0.841. The first-order chi connectivity index (χ1) is 9.67. The van der Waals surface area contributed by atoms with E-state index in [9.17, 15) is 9.59 Å². The number of nitrogens with zero attached hydrogens (tertiary/aromatic N) is 1. The fraction of sp³-hybridized carbons (Fsp3) is 0.875. The number of carbonyl (C=O) groups is 2. The smallest absolute Gasteiger partial charge is 0.245 e. The minimum Gasteiger partial charge on any atom is -0.343 e. The molecule has 4 heteroatoms. The Balaban J connectivity index is 1.96. The molecule has 0 bridgehead atoms. The lowest BCUT2D eigenvalue weighted by atomic mass is 9.86. The van der Waals surface area contributed by atoms with E-state index in [4.69, 9.17) is 0 Å². The van der Waals surface area contributed by atoms with E-state index in [1.165, 1.54) is 32.1 Å². The van der Waals surface area contributed by atoms with Crippen LogP contribution in [0.5, 0.6) is 0 Å². The molecule has 0 aromatic rings. The minimum atomic E-state index is -0.309. The highest BCUT2D eigenvalue weighted by atomic mass is 16.2. The SMILES string of the molecule is CCC1NC(=O)C(CC)N(CCC2CCCCC2)C1=O. The summed E-state index contributed by atoms with van der Waals surface area (Å²) in [5.74, 6) is 0.900. The molecule has 1 saturated carbocycles. The molecule has 2 atom stereocenters. The summed E-state index contributed by atoms with van der Waals surface area (Å²) in [5, 5.41) is 2.85. The van der Waals surface area contributed by atoms with E-state index in [2.05, 4.69) is 5.32 Å². The Morgan fingerprint density at radius 1 is 1.10 bits per heavy atom. The number of piperazine rings is 1. The fourth-order valence-corrected chi connectivity index (χ4v) is 3.57. The summed E-state index contributed by atoms with van der Waals surface area (Å²) in [6.45, 7) is 4.69. The van der Waals surface area contributed by atoms with Crippen molar-refractivity contribution in [2.75, 3.05) is 6.54 Å². The van der Waals surface area contributed by atoms with E-state index in [-0.39, 0.29) is 23.9 Å². The van der Waals surface area contributed by atoms with Gasteiger partial charge in [-0.3, -0.25) is 9.59 Å². The van der Waals surface area contributed by atoms with E-state index in [1.54, 1.807) is 0 Å². The molecule has 1 saturated heterocycles. The van der Waals surface area contributed by atoms with Crippen LogP contribution in [0.15, 0.2) is 0 Å². The summed E-state index contributed by atoms with van der Waals surface area (Å²) < 4.78 is 0. The number of amides is 2. The molecule has 1 heterocycles. The normalized spacial score (nSPS) is 28.6. The molecular weight excluding hydrogens is 252 g/mol. The van der Waals surface area contributed by atoms with Gasteiger partial charge in [0.05, 0.1) is 0 Å². The molecule has 0 spiro atoms. The fourth-order valence-electron chi connectivity index (χ4n) is 3.57. The molecule has 1 N–H and O–H groups in total. The highest BCUT2D eigenvalue weighted by Crippen LogP contribution is 2.27.